The van der Waals surface area contributed by atoms with Gasteiger partial charge in [-0.3, -0.25) is 4.79 Å². The monoisotopic (exact) mass is 231 g/mol. The van der Waals surface area contributed by atoms with Gasteiger partial charge in [0.05, 0.1) is 0 Å². The summed E-state index contributed by atoms with van der Waals surface area (Å²) < 4.78 is 0.453. The molecule has 2 nitrogen and oxygen atoms in total. The van der Waals surface area contributed by atoms with Gasteiger partial charge in [0.15, 0.2) is 10.3 Å². The molecule has 0 bridgehead atoms. The van der Waals surface area contributed by atoms with Crippen LogP contribution in [0, 0.1) is 5.41 Å². The molecule has 0 atom stereocenters. The fourth-order valence-electron chi connectivity index (χ4n) is 1.10. The van der Waals surface area contributed by atoms with Gasteiger partial charge in [-0.15, -0.1) is 11.3 Å². The Kier molecular flexibility index (Phi) is 3.32. The molecule has 0 unspecified atom stereocenters. The van der Waals surface area contributed by atoms with E-state index in [9.17, 15) is 4.79 Å². The number of nitrogens with zero attached hydrogens (tertiary/aromatic N) is 1. The van der Waals surface area contributed by atoms with E-state index < -0.39 is 0 Å². The number of ketones is 1. The average Bonchev–Trinajstić information content (AvgIpc) is 2.43. The number of aryl methyl sites for hydroxylation is 1. The van der Waals surface area contributed by atoms with Crippen molar-refractivity contribution in [2.24, 2.45) is 5.41 Å². The Hall–Kier alpha value is -0.410. The van der Waals surface area contributed by atoms with Crippen molar-refractivity contribution in [3.05, 3.63) is 15.0 Å². The van der Waals surface area contributed by atoms with Gasteiger partial charge in [-0.05, 0) is 6.42 Å². The highest BCUT2D eigenvalue weighted by atomic mass is 35.5. The maximum absolute atomic E-state index is 11.9. The van der Waals surface area contributed by atoms with Crippen LogP contribution in [0.5, 0.6) is 0 Å². The van der Waals surface area contributed by atoms with Gasteiger partial charge in [-0.2, -0.15) is 0 Å². The molecule has 0 radical (unpaired) electrons. The van der Waals surface area contributed by atoms with Crippen LogP contribution in [-0.2, 0) is 6.42 Å². The van der Waals surface area contributed by atoms with Gasteiger partial charge in [0, 0.05) is 10.3 Å². The number of aromatic nitrogens is 1. The van der Waals surface area contributed by atoms with Crippen molar-refractivity contribution < 1.29 is 4.79 Å². The standard InChI is InChI=1S/C10H14ClNOS/c1-5-6-7(12-9(11)14-6)8(13)10(2,3)4/h5H2,1-4H3. The van der Waals surface area contributed by atoms with Crippen LogP contribution in [0.3, 0.4) is 0 Å². The predicted molar refractivity (Wildman–Crippen MR) is 60.3 cm³/mol. The fraction of sp³-hybridized carbons (Fsp3) is 0.600. The van der Waals surface area contributed by atoms with Gasteiger partial charge in [-0.1, -0.05) is 39.3 Å². The maximum Gasteiger partial charge on any atom is 0.187 e. The zero-order chi connectivity index (χ0) is 10.9. The Labute approximate surface area is 93.3 Å². The molecule has 0 aliphatic carbocycles. The molecule has 0 spiro atoms. The molecular weight excluding hydrogens is 218 g/mol. The number of rotatable bonds is 2. The lowest BCUT2D eigenvalue weighted by molar-refractivity contribution is 0.0852. The van der Waals surface area contributed by atoms with Gasteiger partial charge >= 0.3 is 0 Å². The van der Waals surface area contributed by atoms with Crippen LogP contribution in [0.15, 0.2) is 0 Å². The molecular formula is C10H14ClNOS. The summed E-state index contributed by atoms with van der Waals surface area (Å²) in [7, 11) is 0. The lowest BCUT2D eigenvalue weighted by Gasteiger charge is -2.15. The number of hydrogen-bond donors (Lipinski definition) is 0. The third kappa shape index (κ3) is 2.34. The number of Topliss-reactive ketones (excluding diaryl/α,β-unsaturated/α-hetero) is 1. The van der Waals surface area contributed by atoms with Crippen molar-refractivity contribution in [3.8, 4) is 0 Å². The second kappa shape index (κ2) is 3.99. The van der Waals surface area contributed by atoms with Gasteiger partial charge in [0.25, 0.3) is 0 Å². The Balaban J connectivity index is 3.12. The molecule has 0 aliphatic heterocycles. The highest BCUT2D eigenvalue weighted by Crippen LogP contribution is 2.28. The summed E-state index contributed by atoms with van der Waals surface area (Å²) >= 11 is 7.19. The normalized spacial score (nSPS) is 11.8. The summed E-state index contributed by atoms with van der Waals surface area (Å²) in [5.41, 5.74) is 0.163. The molecule has 0 aromatic carbocycles. The Bertz CT molecular complexity index is 351. The molecule has 0 saturated carbocycles. The van der Waals surface area contributed by atoms with Crippen molar-refractivity contribution in [2.45, 2.75) is 34.1 Å². The molecule has 0 N–H and O–H groups in total. The summed E-state index contributed by atoms with van der Waals surface area (Å²) in [6.45, 7) is 7.68. The van der Waals surface area contributed by atoms with Crippen LogP contribution in [0.25, 0.3) is 0 Å². The second-order valence-electron chi connectivity index (χ2n) is 4.17. The van der Waals surface area contributed by atoms with E-state index in [1.54, 1.807) is 0 Å². The zero-order valence-electron chi connectivity index (χ0n) is 8.85. The molecule has 0 amide bonds. The molecule has 0 aliphatic rings. The maximum atomic E-state index is 11.9. The van der Waals surface area contributed by atoms with Crippen molar-refractivity contribution in [1.29, 1.82) is 0 Å². The van der Waals surface area contributed by atoms with Crippen LogP contribution in [-0.4, -0.2) is 10.8 Å². The highest BCUT2D eigenvalue weighted by Gasteiger charge is 2.27. The molecule has 0 saturated heterocycles. The summed E-state index contributed by atoms with van der Waals surface area (Å²) in [4.78, 5) is 17.0. The van der Waals surface area contributed by atoms with Crippen LogP contribution in [0.1, 0.15) is 43.1 Å². The molecule has 1 heterocycles. The van der Waals surface area contributed by atoms with Gasteiger partial charge in [-0.25, -0.2) is 4.98 Å². The van der Waals surface area contributed by atoms with Gasteiger partial charge < -0.3 is 0 Å². The topological polar surface area (TPSA) is 30.0 Å². The van der Waals surface area contributed by atoms with E-state index in [2.05, 4.69) is 4.98 Å². The average molecular weight is 232 g/mol. The number of carbonyl (C=O) groups excluding carboxylic acids is 1. The van der Waals surface area contributed by atoms with E-state index in [0.717, 1.165) is 11.3 Å². The van der Waals surface area contributed by atoms with Crippen molar-refractivity contribution in [2.75, 3.05) is 0 Å². The van der Waals surface area contributed by atoms with E-state index in [1.165, 1.54) is 11.3 Å². The lowest BCUT2D eigenvalue weighted by Crippen LogP contribution is -2.21. The molecule has 1 aromatic heterocycles. The Morgan fingerprint density at radius 3 is 2.50 bits per heavy atom. The first-order valence-electron chi connectivity index (χ1n) is 4.56. The fourth-order valence-corrected chi connectivity index (χ4v) is 2.18. The van der Waals surface area contributed by atoms with Crippen LogP contribution >= 0.6 is 22.9 Å². The largest absolute Gasteiger partial charge is 0.292 e. The molecule has 4 heteroatoms. The van der Waals surface area contributed by atoms with E-state index in [0.29, 0.717) is 10.2 Å². The highest BCUT2D eigenvalue weighted by molar-refractivity contribution is 7.16. The number of thiazole rings is 1. The first-order valence-corrected chi connectivity index (χ1v) is 5.75. The second-order valence-corrected chi connectivity index (χ2v) is 5.84. The smallest absolute Gasteiger partial charge is 0.187 e. The number of halogens is 1. The minimum Gasteiger partial charge on any atom is -0.292 e. The van der Waals surface area contributed by atoms with Gasteiger partial charge in [0.1, 0.15) is 5.69 Å². The molecule has 1 rings (SSSR count). The first kappa shape index (κ1) is 11.7. The molecule has 14 heavy (non-hydrogen) atoms. The molecule has 1 aromatic rings. The van der Waals surface area contributed by atoms with Gasteiger partial charge in [0.2, 0.25) is 0 Å². The minimum absolute atomic E-state index is 0.0671. The molecule has 78 valence electrons. The van der Waals surface area contributed by atoms with Crippen LogP contribution < -0.4 is 0 Å². The third-order valence-electron chi connectivity index (χ3n) is 1.89. The van der Waals surface area contributed by atoms with Crippen molar-refractivity contribution in [1.82, 2.24) is 4.98 Å². The lowest BCUT2D eigenvalue weighted by atomic mass is 9.88. The summed E-state index contributed by atoms with van der Waals surface area (Å²) in [6.07, 6.45) is 0.807. The zero-order valence-corrected chi connectivity index (χ0v) is 10.4. The summed E-state index contributed by atoms with van der Waals surface area (Å²) in [6, 6.07) is 0. The minimum atomic E-state index is -0.388. The number of carbonyl (C=O) groups is 1. The van der Waals surface area contributed by atoms with E-state index in [1.807, 2.05) is 27.7 Å². The SMILES string of the molecule is CCc1sc(Cl)nc1C(=O)C(C)(C)C. The van der Waals surface area contributed by atoms with E-state index >= 15 is 0 Å². The first-order chi connectivity index (χ1) is 6.36. The molecule has 0 fully saturated rings. The summed E-state index contributed by atoms with van der Waals surface area (Å²) in [5.74, 6) is 0.0671. The number of hydrogen-bond acceptors (Lipinski definition) is 3. The van der Waals surface area contributed by atoms with E-state index in [-0.39, 0.29) is 11.2 Å². The third-order valence-corrected chi connectivity index (χ3v) is 3.19. The Morgan fingerprint density at radius 2 is 2.07 bits per heavy atom. The quantitative estimate of drug-likeness (QED) is 0.729. The Morgan fingerprint density at radius 1 is 1.50 bits per heavy atom. The predicted octanol–water partition coefficient (Wildman–Crippen LogP) is 3.59. The van der Waals surface area contributed by atoms with E-state index in [4.69, 9.17) is 11.6 Å². The summed E-state index contributed by atoms with van der Waals surface area (Å²) in [5, 5.41) is 0. The van der Waals surface area contributed by atoms with Crippen molar-refractivity contribution >= 4 is 28.7 Å². The van der Waals surface area contributed by atoms with Crippen LogP contribution in [0.2, 0.25) is 4.47 Å². The van der Waals surface area contributed by atoms with Crippen molar-refractivity contribution in [3.63, 3.8) is 0 Å². The van der Waals surface area contributed by atoms with Crippen LogP contribution in [0.4, 0.5) is 0 Å².